The van der Waals surface area contributed by atoms with E-state index in [1.807, 2.05) is 13.8 Å². The second-order valence-electron chi connectivity index (χ2n) is 4.95. The number of anilines is 1. The number of H-pyrrole nitrogens is 1. The normalized spacial score (nSPS) is 19.1. The summed E-state index contributed by atoms with van der Waals surface area (Å²) in [5.74, 6) is -0.344. The Morgan fingerprint density at radius 1 is 1.60 bits per heavy atom. The quantitative estimate of drug-likeness (QED) is 0.682. The third kappa shape index (κ3) is 2.90. The van der Waals surface area contributed by atoms with Crippen LogP contribution in [0.1, 0.15) is 24.2 Å². The second kappa shape index (κ2) is 5.91. The topological polar surface area (TPSA) is 113 Å². The zero-order valence-electron chi connectivity index (χ0n) is 11.5. The van der Waals surface area contributed by atoms with Crippen molar-refractivity contribution in [2.75, 3.05) is 25.5 Å². The standard InChI is InChI=1S/C12H19N5O3/c1-7(2)15-11(18)9-6-20-4-3-17(9)12(19)8-5-14-16-10(8)13/h5,7,9H,3-4,6H2,1-2H3,(H,15,18)(H3,13,14,16). The summed E-state index contributed by atoms with van der Waals surface area (Å²) in [6.45, 7) is 4.65. The number of nitrogens with two attached hydrogens (primary N) is 1. The molecule has 1 aliphatic rings. The fourth-order valence-electron chi connectivity index (χ4n) is 2.07. The van der Waals surface area contributed by atoms with Crippen LogP contribution in [0.4, 0.5) is 5.82 Å². The van der Waals surface area contributed by atoms with E-state index in [1.165, 1.54) is 11.1 Å². The van der Waals surface area contributed by atoms with Gasteiger partial charge in [-0.1, -0.05) is 0 Å². The van der Waals surface area contributed by atoms with Gasteiger partial charge < -0.3 is 20.7 Å². The number of hydrogen-bond acceptors (Lipinski definition) is 5. The van der Waals surface area contributed by atoms with Crippen LogP contribution in [0.15, 0.2) is 6.20 Å². The van der Waals surface area contributed by atoms with Crippen LogP contribution < -0.4 is 11.1 Å². The van der Waals surface area contributed by atoms with Crippen molar-refractivity contribution in [2.24, 2.45) is 0 Å². The van der Waals surface area contributed by atoms with Crippen LogP contribution in [0.25, 0.3) is 0 Å². The zero-order valence-corrected chi connectivity index (χ0v) is 11.5. The van der Waals surface area contributed by atoms with Gasteiger partial charge in [-0.25, -0.2) is 0 Å². The summed E-state index contributed by atoms with van der Waals surface area (Å²) >= 11 is 0. The van der Waals surface area contributed by atoms with E-state index >= 15 is 0 Å². The van der Waals surface area contributed by atoms with Gasteiger partial charge in [0.15, 0.2) is 0 Å². The maximum atomic E-state index is 12.4. The lowest BCUT2D eigenvalue weighted by Gasteiger charge is -2.34. The van der Waals surface area contributed by atoms with Crippen molar-refractivity contribution in [3.63, 3.8) is 0 Å². The molecule has 1 aromatic rings. The van der Waals surface area contributed by atoms with Crippen LogP contribution in [0.2, 0.25) is 0 Å². The molecule has 1 atom stereocenters. The van der Waals surface area contributed by atoms with E-state index in [4.69, 9.17) is 10.5 Å². The third-order valence-electron chi connectivity index (χ3n) is 3.02. The highest BCUT2D eigenvalue weighted by Crippen LogP contribution is 2.15. The lowest BCUT2D eigenvalue weighted by Crippen LogP contribution is -2.56. The number of nitrogens with one attached hydrogen (secondary N) is 2. The summed E-state index contributed by atoms with van der Waals surface area (Å²) < 4.78 is 5.30. The molecule has 110 valence electrons. The summed E-state index contributed by atoms with van der Waals surface area (Å²) in [5, 5.41) is 9.03. The largest absolute Gasteiger partial charge is 0.383 e. The molecule has 0 aliphatic carbocycles. The number of aromatic nitrogens is 2. The Labute approximate surface area is 116 Å². The number of ether oxygens (including phenoxy) is 1. The van der Waals surface area contributed by atoms with Gasteiger partial charge in [0, 0.05) is 12.6 Å². The van der Waals surface area contributed by atoms with Crippen LogP contribution in [0.3, 0.4) is 0 Å². The summed E-state index contributed by atoms with van der Waals surface area (Å²) in [7, 11) is 0. The molecule has 1 aromatic heterocycles. The first-order chi connectivity index (χ1) is 9.50. The first-order valence-corrected chi connectivity index (χ1v) is 6.48. The van der Waals surface area contributed by atoms with Crippen molar-refractivity contribution in [3.8, 4) is 0 Å². The van der Waals surface area contributed by atoms with E-state index in [0.717, 1.165) is 0 Å². The Hall–Kier alpha value is -2.09. The van der Waals surface area contributed by atoms with E-state index in [0.29, 0.717) is 13.2 Å². The van der Waals surface area contributed by atoms with Gasteiger partial charge in [0.05, 0.1) is 19.4 Å². The van der Waals surface area contributed by atoms with Crippen LogP contribution >= 0.6 is 0 Å². The summed E-state index contributed by atoms with van der Waals surface area (Å²) in [4.78, 5) is 26.0. The van der Waals surface area contributed by atoms with E-state index in [1.54, 1.807) is 0 Å². The Bertz CT molecular complexity index is 499. The predicted octanol–water partition coefficient (Wildman–Crippen LogP) is -0.642. The number of rotatable bonds is 3. The molecule has 0 radical (unpaired) electrons. The fourth-order valence-corrected chi connectivity index (χ4v) is 2.07. The summed E-state index contributed by atoms with van der Waals surface area (Å²) in [5.41, 5.74) is 5.93. The number of hydrogen-bond donors (Lipinski definition) is 3. The molecule has 0 spiro atoms. The second-order valence-corrected chi connectivity index (χ2v) is 4.95. The van der Waals surface area contributed by atoms with Crippen LogP contribution in [-0.2, 0) is 9.53 Å². The maximum absolute atomic E-state index is 12.4. The fraction of sp³-hybridized carbons (Fsp3) is 0.583. The summed E-state index contributed by atoms with van der Waals surface area (Å²) in [6, 6.07) is -0.645. The monoisotopic (exact) mass is 281 g/mol. The van der Waals surface area contributed by atoms with Gasteiger partial charge in [0.25, 0.3) is 5.91 Å². The highest BCUT2D eigenvalue weighted by atomic mass is 16.5. The first-order valence-electron chi connectivity index (χ1n) is 6.48. The molecular weight excluding hydrogens is 262 g/mol. The number of amides is 2. The molecule has 2 rings (SSSR count). The van der Waals surface area contributed by atoms with Crippen molar-refractivity contribution < 1.29 is 14.3 Å². The van der Waals surface area contributed by atoms with Crippen molar-refractivity contribution in [1.82, 2.24) is 20.4 Å². The van der Waals surface area contributed by atoms with E-state index in [-0.39, 0.29) is 35.8 Å². The van der Waals surface area contributed by atoms with Gasteiger partial charge in [0.1, 0.15) is 17.4 Å². The molecule has 8 heteroatoms. The van der Waals surface area contributed by atoms with Crippen LogP contribution in [-0.4, -0.2) is 58.8 Å². The van der Waals surface area contributed by atoms with Crippen LogP contribution in [0.5, 0.6) is 0 Å². The molecular formula is C12H19N5O3. The van der Waals surface area contributed by atoms with Crippen molar-refractivity contribution in [2.45, 2.75) is 25.9 Å². The van der Waals surface area contributed by atoms with Crippen molar-refractivity contribution >= 4 is 17.6 Å². The lowest BCUT2D eigenvalue weighted by atomic mass is 10.1. The van der Waals surface area contributed by atoms with Crippen molar-refractivity contribution in [1.29, 1.82) is 0 Å². The number of carbonyl (C=O) groups is 2. The molecule has 0 saturated carbocycles. The van der Waals surface area contributed by atoms with Gasteiger partial charge in [-0.2, -0.15) is 5.10 Å². The SMILES string of the molecule is CC(C)NC(=O)C1COCCN1C(=O)c1cn[nH]c1N. The molecule has 1 saturated heterocycles. The van der Waals surface area contributed by atoms with Gasteiger partial charge in [0.2, 0.25) is 5.91 Å². The zero-order chi connectivity index (χ0) is 14.7. The minimum atomic E-state index is -0.645. The lowest BCUT2D eigenvalue weighted by molar-refractivity contribution is -0.131. The Kier molecular flexibility index (Phi) is 4.23. The first kappa shape index (κ1) is 14.3. The van der Waals surface area contributed by atoms with Crippen molar-refractivity contribution in [3.05, 3.63) is 11.8 Å². The van der Waals surface area contributed by atoms with Gasteiger partial charge in [-0.3, -0.25) is 14.7 Å². The minimum Gasteiger partial charge on any atom is -0.383 e. The highest BCUT2D eigenvalue weighted by Gasteiger charge is 2.34. The Morgan fingerprint density at radius 3 is 2.95 bits per heavy atom. The maximum Gasteiger partial charge on any atom is 0.260 e. The molecule has 1 fully saturated rings. The number of nitrogen functional groups attached to an aromatic ring is 1. The van der Waals surface area contributed by atoms with Gasteiger partial charge in [-0.15, -0.1) is 0 Å². The number of aromatic amines is 1. The average molecular weight is 281 g/mol. The van der Waals surface area contributed by atoms with E-state index in [9.17, 15) is 9.59 Å². The number of nitrogens with zero attached hydrogens (tertiary/aromatic N) is 2. The minimum absolute atomic E-state index is 0.000346. The molecule has 0 bridgehead atoms. The average Bonchev–Trinajstić information content (AvgIpc) is 2.83. The van der Waals surface area contributed by atoms with E-state index in [2.05, 4.69) is 15.5 Å². The Morgan fingerprint density at radius 2 is 2.35 bits per heavy atom. The smallest absolute Gasteiger partial charge is 0.260 e. The predicted molar refractivity (Wildman–Crippen MR) is 71.9 cm³/mol. The molecule has 1 unspecified atom stereocenters. The number of carbonyl (C=O) groups excluding carboxylic acids is 2. The molecule has 0 aromatic carbocycles. The molecule has 2 heterocycles. The summed E-state index contributed by atoms with van der Waals surface area (Å²) in [6.07, 6.45) is 1.37. The Balaban J connectivity index is 2.17. The van der Waals surface area contributed by atoms with Gasteiger partial charge >= 0.3 is 0 Å². The van der Waals surface area contributed by atoms with Gasteiger partial charge in [-0.05, 0) is 13.8 Å². The molecule has 8 nitrogen and oxygen atoms in total. The molecule has 20 heavy (non-hydrogen) atoms. The molecule has 2 amide bonds. The third-order valence-corrected chi connectivity index (χ3v) is 3.02. The molecule has 1 aliphatic heterocycles. The molecule has 4 N–H and O–H groups in total. The van der Waals surface area contributed by atoms with E-state index < -0.39 is 6.04 Å². The highest BCUT2D eigenvalue weighted by molar-refractivity contribution is 6.00. The van der Waals surface area contributed by atoms with Crippen LogP contribution in [0, 0.1) is 0 Å². The number of morpholine rings is 1.